The molecule has 0 spiro atoms. The highest BCUT2D eigenvalue weighted by atomic mass is 16.0. The Labute approximate surface area is 98.7 Å². The van der Waals surface area contributed by atoms with Gasteiger partial charge in [-0.25, -0.2) is 0 Å². The molecule has 0 heterocycles. The average Bonchev–Trinajstić information content (AvgIpc) is 2.21. The molecule has 0 saturated heterocycles. The molecule has 0 aromatic heterocycles. The van der Waals surface area contributed by atoms with Gasteiger partial charge < -0.3 is 21.7 Å². The number of nitrogens with one attached hydrogen (secondary N) is 1. The number of hydrogen-bond donors (Lipinski definition) is 1. The second-order valence-corrected chi connectivity index (χ2v) is 4.84. The summed E-state index contributed by atoms with van der Waals surface area (Å²) in [5, 5.41) is 3.86. The van der Waals surface area contributed by atoms with Crippen LogP contribution >= 0.6 is 0 Å². The van der Waals surface area contributed by atoms with Crippen molar-refractivity contribution < 1.29 is 16.4 Å². The van der Waals surface area contributed by atoms with Crippen molar-refractivity contribution >= 4 is 0 Å². The van der Waals surface area contributed by atoms with Crippen molar-refractivity contribution in [3.05, 3.63) is 0 Å². The van der Waals surface area contributed by atoms with Gasteiger partial charge in [0.2, 0.25) is 0 Å². The maximum Gasteiger partial charge on any atom is 0.00696 e. The van der Waals surface area contributed by atoms with Crippen LogP contribution in [-0.4, -0.2) is 28.5 Å². The molecule has 0 aliphatic heterocycles. The van der Waals surface area contributed by atoms with Crippen LogP contribution in [-0.2, 0) is 0 Å². The Kier molecular flexibility index (Phi) is 11.4. The third kappa shape index (κ3) is 5.80. The van der Waals surface area contributed by atoms with Crippen molar-refractivity contribution in [2.24, 2.45) is 0 Å². The minimum atomic E-state index is 0. The lowest BCUT2D eigenvalue weighted by molar-refractivity contribution is 0.291. The zero-order valence-corrected chi connectivity index (χ0v) is 10.2. The Hall–Kier alpha value is -0.160. The fourth-order valence-electron chi connectivity index (χ4n) is 2.87. The van der Waals surface area contributed by atoms with Gasteiger partial charge in [-0.3, -0.25) is 0 Å². The molecule has 16 heavy (non-hydrogen) atoms. The molecule has 7 N–H and O–H groups in total. The Morgan fingerprint density at radius 3 is 1.12 bits per heavy atom. The largest absolute Gasteiger partial charge is 0.412 e. The average molecular weight is 235 g/mol. The van der Waals surface area contributed by atoms with Crippen LogP contribution in [0.15, 0.2) is 0 Å². The molecular formula is C12H29NO3. The fourth-order valence-corrected chi connectivity index (χ4v) is 2.87. The summed E-state index contributed by atoms with van der Waals surface area (Å²) >= 11 is 0. The maximum atomic E-state index is 3.86. The van der Waals surface area contributed by atoms with Crippen LogP contribution in [0.3, 0.4) is 0 Å². The molecule has 0 amide bonds. The molecule has 0 aromatic carbocycles. The Bertz CT molecular complexity index is 127. The van der Waals surface area contributed by atoms with Gasteiger partial charge >= 0.3 is 0 Å². The van der Waals surface area contributed by atoms with E-state index in [-0.39, 0.29) is 16.4 Å². The van der Waals surface area contributed by atoms with E-state index in [9.17, 15) is 0 Å². The standard InChI is InChI=1S/C12H23N.3H2O/c1-3-7-11(8-4-1)13-12-9-5-2-6-10-12;;;/h11-13H,1-10H2;3*1H2. The van der Waals surface area contributed by atoms with E-state index in [4.69, 9.17) is 0 Å². The van der Waals surface area contributed by atoms with Crippen molar-refractivity contribution in [1.82, 2.24) is 5.32 Å². The van der Waals surface area contributed by atoms with Crippen molar-refractivity contribution in [2.75, 3.05) is 0 Å². The fraction of sp³-hybridized carbons (Fsp3) is 1.00. The van der Waals surface area contributed by atoms with Gasteiger partial charge in [0, 0.05) is 12.1 Å². The second-order valence-electron chi connectivity index (χ2n) is 4.84. The lowest BCUT2D eigenvalue weighted by Gasteiger charge is -2.30. The van der Waals surface area contributed by atoms with Crippen LogP contribution in [0.1, 0.15) is 64.2 Å². The summed E-state index contributed by atoms with van der Waals surface area (Å²) in [7, 11) is 0. The molecule has 100 valence electrons. The zero-order chi connectivity index (χ0) is 8.93. The molecule has 2 fully saturated rings. The predicted octanol–water partition coefficient (Wildman–Crippen LogP) is 0.767. The van der Waals surface area contributed by atoms with Gasteiger partial charge in [0.05, 0.1) is 0 Å². The van der Waals surface area contributed by atoms with Gasteiger partial charge in [0.1, 0.15) is 0 Å². The molecular weight excluding hydrogens is 206 g/mol. The monoisotopic (exact) mass is 235 g/mol. The first-order chi connectivity index (χ1) is 6.45. The van der Waals surface area contributed by atoms with Crippen LogP contribution in [0.5, 0.6) is 0 Å². The van der Waals surface area contributed by atoms with Gasteiger partial charge in [-0.15, -0.1) is 0 Å². The third-order valence-corrected chi connectivity index (χ3v) is 3.68. The van der Waals surface area contributed by atoms with E-state index in [2.05, 4.69) is 5.32 Å². The molecule has 0 radical (unpaired) electrons. The molecule has 4 nitrogen and oxygen atoms in total. The second kappa shape index (κ2) is 10.0. The van der Waals surface area contributed by atoms with Crippen LogP contribution in [0.25, 0.3) is 0 Å². The van der Waals surface area contributed by atoms with E-state index in [1.165, 1.54) is 64.2 Å². The van der Waals surface area contributed by atoms with E-state index in [1.807, 2.05) is 0 Å². The summed E-state index contributed by atoms with van der Waals surface area (Å²) < 4.78 is 0. The SMILES string of the molecule is C1CCC(NC2CCCCC2)CC1.O.O.O. The summed E-state index contributed by atoms with van der Waals surface area (Å²) in [5.74, 6) is 0. The van der Waals surface area contributed by atoms with Gasteiger partial charge in [0.15, 0.2) is 0 Å². The summed E-state index contributed by atoms with van der Waals surface area (Å²) in [6.07, 6.45) is 14.6. The van der Waals surface area contributed by atoms with Crippen LogP contribution in [0, 0.1) is 0 Å². The molecule has 2 aliphatic carbocycles. The van der Waals surface area contributed by atoms with Gasteiger partial charge in [-0.2, -0.15) is 0 Å². The van der Waals surface area contributed by atoms with Crippen LogP contribution in [0.4, 0.5) is 0 Å². The smallest absolute Gasteiger partial charge is 0.00696 e. The minimum Gasteiger partial charge on any atom is -0.412 e. The van der Waals surface area contributed by atoms with Gasteiger partial charge in [-0.1, -0.05) is 38.5 Å². The first-order valence-corrected chi connectivity index (χ1v) is 6.21. The molecule has 2 aliphatic rings. The highest BCUT2D eigenvalue weighted by Crippen LogP contribution is 2.22. The van der Waals surface area contributed by atoms with Crippen molar-refractivity contribution in [2.45, 2.75) is 76.3 Å². The molecule has 0 aromatic rings. The summed E-state index contributed by atoms with van der Waals surface area (Å²) in [5.41, 5.74) is 0. The molecule has 2 rings (SSSR count). The first-order valence-electron chi connectivity index (χ1n) is 6.21. The van der Waals surface area contributed by atoms with Crippen molar-refractivity contribution in [3.8, 4) is 0 Å². The normalized spacial score (nSPS) is 22.5. The molecule has 0 unspecified atom stereocenters. The predicted molar refractivity (Wildman–Crippen MR) is 67.7 cm³/mol. The van der Waals surface area contributed by atoms with Gasteiger partial charge in [0.25, 0.3) is 0 Å². The molecule has 4 heteroatoms. The maximum absolute atomic E-state index is 3.86. The van der Waals surface area contributed by atoms with E-state index in [0.29, 0.717) is 0 Å². The Morgan fingerprint density at radius 2 is 0.812 bits per heavy atom. The summed E-state index contributed by atoms with van der Waals surface area (Å²) in [6.45, 7) is 0. The zero-order valence-electron chi connectivity index (χ0n) is 10.2. The Balaban J connectivity index is 0. The highest BCUT2D eigenvalue weighted by molar-refractivity contribution is 4.79. The highest BCUT2D eigenvalue weighted by Gasteiger charge is 2.19. The van der Waals surface area contributed by atoms with E-state index < -0.39 is 0 Å². The Morgan fingerprint density at radius 1 is 0.500 bits per heavy atom. The molecule has 0 bridgehead atoms. The van der Waals surface area contributed by atoms with Gasteiger partial charge in [-0.05, 0) is 25.7 Å². The van der Waals surface area contributed by atoms with Crippen LogP contribution < -0.4 is 5.32 Å². The third-order valence-electron chi connectivity index (χ3n) is 3.68. The molecule has 0 atom stereocenters. The number of hydrogen-bond acceptors (Lipinski definition) is 1. The van der Waals surface area contributed by atoms with E-state index in [1.54, 1.807) is 0 Å². The first kappa shape index (κ1) is 18.2. The summed E-state index contributed by atoms with van der Waals surface area (Å²) in [6, 6.07) is 1.74. The quantitative estimate of drug-likeness (QED) is 0.749. The summed E-state index contributed by atoms with van der Waals surface area (Å²) in [4.78, 5) is 0. The van der Waals surface area contributed by atoms with Crippen molar-refractivity contribution in [1.29, 1.82) is 0 Å². The number of rotatable bonds is 2. The van der Waals surface area contributed by atoms with E-state index in [0.717, 1.165) is 12.1 Å². The lowest BCUT2D eigenvalue weighted by atomic mass is 9.91. The van der Waals surface area contributed by atoms with E-state index >= 15 is 0 Å². The van der Waals surface area contributed by atoms with Crippen LogP contribution in [0.2, 0.25) is 0 Å². The minimum absolute atomic E-state index is 0. The van der Waals surface area contributed by atoms with Crippen molar-refractivity contribution in [3.63, 3.8) is 0 Å². The molecule has 2 saturated carbocycles. The topological polar surface area (TPSA) is 107 Å². The lowest BCUT2D eigenvalue weighted by Crippen LogP contribution is -2.40.